The van der Waals surface area contributed by atoms with Crippen LogP contribution in [-0.4, -0.2) is 42.0 Å². The van der Waals surface area contributed by atoms with Crippen molar-refractivity contribution in [3.05, 3.63) is 29.6 Å². The van der Waals surface area contributed by atoms with Crippen LogP contribution in [0.3, 0.4) is 0 Å². The van der Waals surface area contributed by atoms with Crippen LogP contribution in [0.5, 0.6) is 0 Å². The summed E-state index contributed by atoms with van der Waals surface area (Å²) < 4.78 is 37.2. The van der Waals surface area contributed by atoms with Crippen molar-refractivity contribution in [3.8, 4) is 0 Å². The summed E-state index contributed by atoms with van der Waals surface area (Å²) >= 11 is 0. The highest BCUT2D eigenvalue weighted by Gasteiger charge is 2.32. The van der Waals surface area contributed by atoms with Gasteiger partial charge in [-0.25, -0.2) is 0 Å². The molecule has 0 radical (unpaired) electrons. The van der Waals surface area contributed by atoms with Crippen LogP contribution in [0.15, 0.2) is 18.3 Å². The zero-order valence-electron chi connectivity index (χ0n) is 11.1. The Hall–Kier alpha value is -1.63. The second-order valence-electron chi connectivity index (χ2n) is 4.83. The lowest BCUT2D eigenvalue weighted by atomic mass is 10.0. The normalized spacial score (nSPS) is 17.0. The molecule has 0 saturated carbocycles. The first-order chi connectivity index (χ1) is 9.39. The monoisotopic (exact) mass is 287 g/mol. The minimum absolute atomic E-state index is 0.117. The summed E-state index contributed by atoms with van der Waals surface area (Å²) in [7, 11) is 1.68. The summed E-state index contributed by atoms with van der Waals surface area (Å²) in [5.41, 5.74) is -0.808. The molecule has 1 amide bonds. The van der Waals surface area contributed by atoms with Gasteiger partial charge in [-0.1, -0.05) is 0 Å². The molecule has 1 saturated heterocycles. The number of hydrogen-bond acceptors (Lipinski definition) is 3. The highest BCUT2D eigenvalue weighted by atomic mass is 19.4. The molecule has 0 unspecified atom stereocenters. The number of alkyl halides is 3. The number of hydrogen-bond donors (Lipinski definition) is 1. The van der Waals surface area contributed by atoms with Gasteiger partial charge in [0.05, 0.1) is 5.56 Å². The Morgan fingerprint density at radius 2 is 2.00 bits per heavy atom. The van der Waals surface area contributed by atoms with Gasteiger partial charge in [0.25, 0.3) is 5.91 Å². The highest BCUT2D eigenvalue weighted by Crippen LogP contribution is 2.27. The topological polar surface area (TPSA) is 45.2 Å². The van der Waals surface area contributed by atoms with Gasteiger partial charge in [0.15, 0.2) is 0 Å². The van der Waals surface area contributed by atoms with Crippen LogP contribution in [0.1, 0.15) is 28.9 Å². The number of carbonyl (C=O) groups is 1. The van der Waals surface area contributed by atoms with Crippen LogP contribution in [0.25, 0.3) is 0 Å². The molecule has 7 heteroatoms. The van der Waals surface area contributed by atoms with E-state index >= 15 is 0 Å². The van der Waals surface area contributed by atoms with Crippen molar-refractivity contribution < 1.29 is 18.0 Å². The van der Waals surface area contributed by atoms with Crippen LogP contribution < -0.4 is 5.32 Å². The molecule has 2 heterocycles. The lowest BCUT2D eigenvalue weighted by Gasteiger charge is -2.31. The fraction of sp³-hybridized carbons (Fsp3) is 0.538. The maximum absolute atomic E-state index is 12.4. The van der Waals surface area contributed by atoms with Gasteiger partial charge in [-0.3, -0.25) is 9.78 Å². The van der Waals surface area contributed by atoms with E-state index in [0.29, 0.717) is 0 Å². The Morgan fingerprint density at radius 1 is 1.35 bits per heavy atom. The molecule has 1 fully saturated rings. The minimum atomic E-state index is -4.48. The fourth-order valence-electron chi connectivity index (χ4n) is 2.25. The quantitative estimate of drug-likeness (QED) is 0.904. The van der Waals surface area contributed by atoms with Crippen molar-refractivity contribution in [2.24, 2.45) is 0 Å². The molecule has 0 bridgehead atoms. The van der Waals surface area contributed by atoms with Crippen LogP contribution in [-0.2, 0) is 6.18 Å². The third kappa shape index (κ3) is 3.27. The second kappa shape index (κ2) is 5.78. The van der Waals surface area contributed by atoms with Crippen molar-refractivity contribution in [1.82, 2.24) is 15.2 Å². The van der Waals surface area contributed by atoms with Crippen LogP contribution in [0.2, 0.25) is 0 Å². The first kappa shape index (κ1) is 14.8. The van der Waals surface area contributed by atoms with Gasteiger partial charge in [-0.15, -0.1) is 0 Å². The van der Waals surface area contributed by atoms with Gasteiger partial charge in [0.2, 0.25) is 0 Å². The van der Waals surface area contributed by atoms with Crippen LogP contribution in [0, 0.1) is 0 Å². The first-order valence-corrected chi connectivity index (χ1v) is 6.40. The maximum Gasteiger partial charge on any atom is 0.433 e. The largest absolute Gasteiger partial charge is 0.433 e. The van der Waals surface area contributed by atoms with Gasteiger partial charge >= 0.3 is 6.18 Å². The molecule has 1 aromatic rings. The lowest BCUT2D eigenvalue weighted by molar-refractivity contribution is -0.141. The predicted octanol–water partition coefficient (Wildman–Crippen LogP) is 1.92. The van der Waals surface area contributed by atoms with Crippen molar-refractivity contribution in [1.29, 1.82) is 0 Å². The van der Waals surface area contributed by atoms with Gasteiger partial charge < -0.3 is 10.2 Å². The molecule has 1 aliphatic heterocycles. The first-order valence-electron chi connectivity index (χ1n) is 6.40. The van der Waals surface area contributed by atoms with E-state index in [4.69, 9.17) is 0 Å². The molecular formula is C13H16F3N3O. The van der Waals surface area contributed by atoms with Gasteiger partial charge in [-0.2, -0.15) is 13.2 Å². The number of carbonyl (C=O) groups excluding carboxylic acids is 1. The molecule has 1 N–H and O–H groups in total. The van der Waals surface area contributed by atoms with Gasteiger partial charge in [0, 0.05) is 19.3 Å². The average molecular weight is 287 g/mol. The molecule has 0 atom stereocenters. The van der Waals surface area contributed by atoms with E-state index in [0.717, 1.165) is 38.2 Å². The highest BCUT2D eigenvalue weighted by molar-refractivity contribution is 5.93. The molecule has 110 valence electrons. The third-order valence-corrected chi connectivity index (χ3v) is 3.48. The van der Waals surface area contributed by atoms with E-state index in [9.17, 15) is 18.0 Å². The van der Waals surface area contributed by atoms with E-state index in [-0.39, 0.29) is 17.5 Å². The van der Waals surface area contributed by atoms with Crippen molar-refractivity contribution in [2.75, 3.05) is 20.1 Å². The standard InChI is InChI=1S/C13H16F3N3O/c1-19(10-4-6-17-7-5-10)12(20)9-2-3-11(18-8-9)13(14,15)16/h2-3,8,10,17H,4-7H2,1H3. The Bertz CT molecular complexity index is 467. The Labute approximate surface area is 115 Å². The van der Waals surface area contributed by atoms with E-state index < -0.39 is 11.9 Å². The predicted molar refractivity (Wildman–Crippen MR) is 67.2 cm³/mol. The van der Waals surface area contributed by atoms with Gasteiger partial charge in [-0.05, 0) is 38.1 Å². The molecular weight excluding hydrogens is 271 g/mol. The number of nitrogens with zero attached hydrogens (tertiary/aromatic N) is 2. The van der Waals surface area contributed by atoms with Crippen molar-refractivity contribution in [3.63, 3.8) is 0 Å². The molecule has 2 rings (SSSR count). The molecule has 0 aromatic carbocycles. The molecule has 1 aromatic heterocycles. The lowest BCUT2D eigenvalue weighted by Crippen LogP contribution is -2.44. The number of aromatic nitrogens is 1. The smallest absolute Gasteiger partial charge is 0.339 e. The number of rotatable bonds is 2. The summed E-state index contributed by atoms with van der Waals surface area (Å²) in [6, 6.07) is 2.13. The maximum atomic E-state index is 12.4. The number of halogens is 3. The number of nitrogens with one attached hydrogen (secondary N) is 1. The van der Waals surface area contributed by atoms with E-state index in [2.05, 4.69) is 10.3 Å². The summed E-state index contributed by atoms with van der Waals surface area (Å²) in [5, 5.41) is 3.20. The van der Waals surface area contributed by atoms with Crippen molar-refractivity contribution >= 4 is 5.91 Å². The third-order valence-electron chi connectivity index (χ3n) is 3.48. The zero-order valence-corrected chi connectivity index (χ0v) is 11.1. The number of pyridine rings is 1. The number of amides is 1. The average Bonchev–Trinajstić information content (AvgIpc) is 2.46. The summed E-state index contributed by atoms with van der Waals surface area (Å²) in [6.07, 6.45) is -1.81. The summed E-state index contributed by atoms with van der Waals surface area (Å²) in [6.45, 7) is 1.68. The Balaban J connectivity index is 2.08. The fourth-order valence-corrected chi connectivity index (χ4v) is 2.25. The van der Waals surface area contributed by atoms with E-state index in [1.165, 1.54) is 6.07 Å². The van der Waals surface area contributed by atoms with Crippen LogP contribution >= 0.6 is 0 Å². The minimum Gasteiger partial charge on any atom is -0.339 e. The number of piperidine rings is 1. The molecule has 0 aliphatic carbocycles. The SMILES string of the molecule is CN(C(=O)c1ccc(C(F)(F)F)nc1)C1CCNCC1. The molecule has 1 aliphatic rings. The summed E-state index contributed by atoms with van der Waals surface area (Å²) in [5.74, 6) is -0.293. The molecule has 20 heavy (non-hydrogen) atoms. The second-order valence-corrected chi connectivity index (χ2v) is 4.83. The van der Waals surface area contributed by atoms with Gasteiger partial charge in [0.1, 0.15) is 5.69 Å². The van der Waals surface area contributed by atoms with E-state index in [1.54, 1.807) is 11.9 Å². The van der Waals surface area contributed by atoms with Crippen molar-refractivity contribution in [2.45, 2.75) is 25.1 Å². The van der Waals surface area contributed by atoms with E-state index in [1.807, 2.05) is 0 Å². The Morgan fingerprint density at radius 3 is 2.50 bits per heavy atom. The summed E-state index contributed by atoms with van der Waals surface area (Å²) in [4.78, 5) is 17.1. The zero-order chi connectivity index (χ0) is 14.8. The Kier molecular flexibility index (Phi) is 4.27. The van der Waals surface area contributed by atoms with Crippen LogP contribution in [0.4, 0.5) is 13.2 Å². The molecule has 4 nitrogen and oxygen atoms in total. The molecule has 0 spiro atoms.